The highest BCUT2D eigenvalue weighted by Gasteiger charge is 2.22. The topological polar surface area (TPSA) is 94.9 Å². The van der Waals surface area contributed by atoms with Crippen LogP contribution in [0.25, 0.3) is 17.3 Å². The Morgan fingerprint density at radius 1 is 1.23 bits per heavy atom. The van der Waals surface area contributed by atoms with Gasteiger partial charge in [0.05, 0.1) is 12.0 Å². The van der Waals surface area contributed by atoms with Gasteiger partial charge in [-0.2, -0.15) is 0 Å². The van der Waals surface area contributed by atoms with Crippen molar-refractivity contribution in [3.05, 3.63) is 53.4 Å². The third kappa shape index (κ3) is 3.17. The molecule has 0 aliphatic heterocycles. The quantitative estimate of drug-likeness (QED) is 0.754. The Morgan fingerprint density at radius 3 is 2.69 bits per heavy atom. The van der Waals surface area contributed by atoms with E-state index in [1.54, 1.807) is 36.7 Å². The van der Waals surface area contributed by atoms with Crippen LogP contribution in [0.15, 0.2) is 52.1 Å². The van der Waals surface area contributed by atoms with Crippen molar-refractivity contribution in [2.24, 2.45) is 0 Å². The van der Waals surface area contributed by atoms with Crippen LogP contribution in [0.1, 0.15) is 25.7 Å². The summed E-state index contributed by atoms with van der Waals surface area (Å²) in [5.74, 6) is 0.595. The number of nitrogens with one attached hydrogen (secondary N) is 1. The minimum atomic E-state index is -0.399. The largest absolute Gasteiger partial charge is 0.461 e. The number of aromatic nitrogens is 4. The minimum absolute atomic E-state index is 0.124. The van der Waals surface area contributed by atoms with Crippen LogP contribution < -0.4 is 11.0 Å². The first-order chi connectivity index (χ1) is 12.7. The van der Waals surface area contributed by atoms with E-state index in [4.69, 9.17) is 4.42 Å². The number of carbonyl (C=O) groups excluding carboxylic acids is 1. The third-order valence-corrected chi connectivity index (χ3v) is 4.52. The van der Waals surface area contributed by atoms with Gasteiger partial charge in [0.1, 0.15) is 6.54 Å². The Hall–Kier alpha value is -3.16. The predicted octanol–water partition coefficient (Wildman–Crippen LogP) is 1.75. The fraction of sp³-hybridized carbons (Fsp3) is 0.333. The molecule has 1 saturated carbocycles. The molecule has 0 atom stereocenters. The first-order valence-electron chi connectivity index (χ1n) is 8.66. The summed E-state index contributed by atoms with van der Waals surface area (Å²) in [4.78, 5) is 29.2. The van der Waals surface area contributed by atoms with Gasteiger partial charge in [-0.05, 0) is 37.1 Å². The van der Waals surface area contributed by atoms with Gasteiger partial charge >= 0.3 is 5.69 Å². The molecule has 0 saturated heterocycles. The Morgan fingerprint density at radius 2 is 2.00 bits per heavy atom. The standard InChI is InChI=1S/C18H19N5O3/c24-16(20-13-4-1-2-5-13)12-22-18(25)23(14-7-9-19-10-8-14)17(21-22)15-6-3-11-26-15/h3,6-11,13H,1-2,4-5,12H2,(H,20,24). The maximum absolute atomic E-state index is 12.9. The molecule has 8 nitrogen and oxygen atoms in total. The first kappa shape index (κ1) is 16.3. The maximum atomic E-state index is 12.9. The zero-order valence-electron chi connectivity index (χ0n) is 14.2. The normalized spacial score (nSPS) is 14.6. The molecule has 3 aromatic rings. The Balaban J connectivity index is 1.67. The summed E-state index contributed by atoms with van der Waals surface area (Å²) >= 11 is 0. The second-order valence-electron chi connectivity index (χ2n) is 6.33. The second kappa shape index (κ2) is 6.99. The fourth-order valence-electron chi connectivity index (χ4n) is 3.28. The number of rotatable bonds is 5. The van der Waals surface area contributed by atoms with Crippen LogP contribution in [-0.4, -0.2) is 31.3 Å². The average Bonchev–Trinajstić information content (AvgIpc) is 3.38. The van der Waals surface area contributed by atoms with Crippen molar-refractivity contribution in [2.45, 2.75) is 38.3 Å². The van der Waals surface area contributed by atoms with Crippen LogP contribution in [0, 0.1) is 0 Å². The predicted molar refractivity (Wildman–Crippen MR) is 93.7 cm³/mol. The summed E-state index contributed by atoms with van der Waals surface area (Å²) in [6, 6.07) is 7.06. The summed E-state index contributed by atoms with van der Waals surface area (Å²) in [6.07, 6.45) is 8.94. The molecule has 1 aliphatic carbocycles. The van der Waals surface area contributed by atoms with Gasteiger partial charge in [-0.25, -0.2) is 14.0 Å². The van der Waals surface area contributed by atoms with Crippen LogP contribution in [0.3, 0.4) is 0 Å². The number of nitrogens with zero attached hydrogens (tertiary/aromatic N) is 4. The van der Waals surface area contributed by atoms with Crippen molar-refractivity contribution in [3.8, 4) is 17.3 Å². The van der Waals surface area contributed by atoms with E-state index in [2.05, 4.69) is 15.4 Å². The molecule has 1 N–H and O–H groups in total. The number of hydrogen-bond donors (Lipinski definition) is 1. The molecule has 3 heterocycles. The van der Waals surface area contributed by atoms with E-state index in [-0.39, 0.29) is 18.5 Å². The highest BCUT2D eigenvalue weighted by Crippen LogP contribution is 2.20. The van der Waals surface area contributed by atoms with E-state index < -0.39 is 5.69 Å². The van der Waals surface area contributed by atoms with Crippen molar-refractivity contribution >= 4 is 5.91 Å². The van der Waals surface area contributed by atoms with E-state index >= 15 is 0 Å². The van der Waals surface area contributed by atoms with Gasteiger partial charge < -0.3 is 9.73 Å². The average molecular weight is 353 g/mol. The Bertz CT molecular complexity index is 937. The molecule has 134 valence electrons. The summed E-state index contributed by atoms with van der Waals surface area (Å²) in [6.45, 7) is -0.124. The molecule has 1 aliphatic rings. The van der Waals surface area contributed by atoms with Gasteiger partial charge in [-0.15, -0.1) is 5.10 Å². The molecule has 3 aromatic heterocycles. The summed E-state index contributed by atoms with van der Waals surface area (Å²) in [5.41, 5.74) is 0.211. The third-order valence-electron chi connectivity index (χ3n) is 4.52. The first-order valence-corrected chi connectivity index (χ1v) is 8.66. The number of hydrogen-bond acceptors (Lipinski definition) is 5. The number of furan rings is 1. The molecule has 0 bridgehead atoms. The lowest BCUT2D eigenvalue weighted by molar-refractivity contribution is -0.122. The van der Waals surface area contributed by atoms with Crippen LogP contribution >= 0.6 is 0 Å². The Labute approximate surface area is 149 Å². The van der Waals surface area contributed by atoms with Gasteiger partial charge in [0, 0.05) is 18.4 Å². The van der Waals surface area contributed by atoms with E-state index in [0.717, 1.165) is 25.7 Å². The lowest BCUT2D eigenvalue weighted by atomic mass is 10.2. The van der Waals surface area contributed by atoms with Crippen molar-refractivity contribution in [1.29, 1.82) is 0 Å². The molecule has 26 heavy (non-hydrogen) atoms. The molecule has 0 radical (unpaired) electrons. The Kier molecular flexibility index (Phi) is 4.39. The zero-order valence-corrected chi connectivity index (χ0v) is 14.2. The molecular weight excluding hydrogens is 334 g/mol. The monoisotopic (exact) mass is 353 g/mol. The van der Waals surface area contributed by atoms with Crippen molar-refractivity contribution in [2.75, 3.05) is 0 Å². The molecule has 0 aromatic carbocycles. The summed E-state index contributed by atoms with van der Waals surface area (Å²) in [7, 11) is 0. The highest BCUT2D eigenvalue weighted by molar-refractivity contribution is 5.76. The van der Waals surface area contributed by atoms with Gasteiger partial charge in [0.2, 0.25) is 11.7 Å². The minimum Gasteiger partial charge on any atom is -0.461 e. The van der Waals surface area contributed by atoms with Gasteiger partial charge in [-0.1, -0.05) is 12.8 Å². The van der Waals surface area contributed by atoms with Crippen LogP contribution in [0.4, 0.5) is 0 Å². The smallest absolute Gasteiger partial charge is 0.351 e. The van der Waals surface area contributed by atoms with Crippen LogP contribution in [0.5, 0.6) is 0 Å². The molecule has 0 unspecified atom stereocenters. The lowest BCUT2D eigenvalue weighted by Crippen LogP contribution is -2.38. The van der Waals surface area contributed by atoms with Crippen LogP contribution in [-0.2, 0) is 11.3 Å². The number of amides is 1. The summed E-state index contributed by atoms with van der Waals surface area (Å²) < 4.78 is 8.00. The molecule has 1 amide bonds. The lowest BCUT2D eigenvalue weighted by Gasteiger charge is -2.11. The van der Waals surface area contributed by atoms with Crippen molar-refractivity contribution in [3.63, 3.8) is 0 Å². The van der Waals surface area contributed by atoms with Gasteiger partial charge in [-0.3, -0.25) is 9.78 Å². The van der Waals surface area contributed by atoms with E-state index in [0.29, 0.717) is 17.3 Å². The molecule has 1 fully saturated rings. The summed E-state index contributed by atoms with van der Waals surface area (Å²) in [5, 5.41) is 7.31. The van der Waals surface area contributed by atoms with Crippen molar-refractivity contribution in [1.82, 2.24) is 24.6 Å². The van der Waals surface area contributed by atoms with E-state index in [1.807, 2.05) is 0 Å². The SMILES string of the molecule is O=C(Cn1nc(-c2ccco2)n(-c2ccncc2)c1=O)NC1CCCC1. The second-order valence-corrected chi connectivity index (χ2v) is 6.33. The van der Waals surface area contributed by atoms with E-state index in [1.165, 1.54) is 15.5 Å². The highest BCUT2D eigenvalue weighted by atomic mass is 16.3. The fourth-order valence-corrected chi connectivity index (χ4v) is 3.28. The number of pyridine rings is 1. The molecule has 8 heteroatoms. The van der Waals surface area contributed by atoms with Crippen molar-refractivity contribution < 1.29 is 9.21 Å². The number of carbonyl (C=O) groups is 1. The molecule has 0 spiro atoms. The zero-order chi connectivity index (χ0) is 17.9. The molecular formula is C18H19N5O3. The van der Waals surface area contributed by atoms with Gasteiger partial charge in [0.15, 0.2) is 5.76 Å². The van der Waals surface area contributed by atoms with E-state index in [9.17, 15) is 9.59 Å². The van der Waals surface area contributed by atoms with Crippen LogP contribution in [0.2, 0.25) is 0 Å². The molecule has 4 rings (SSSR count). The van der Waals surface area contributed by atoms with Gasteiger partial charge in [0.25, 0.3) is 0 Å². The maximum Gasteiger partial charge on any atom is 0.351 e.